The molecule has 0 unspecified atom stereocenters. The molecule has 0 spiro atoms. The van der Waals surface area contributed by atoms with E-state index in [1.54, 1.807) is 18.2 Å². The number of carbonyl (C=O) groups is 3. The summed E-state index contributed by atoms with van der Waals surface area (Å²) < 4.78 is 10.5. The first-order valence-electron chi connectivity index (χ1n) is 7.38. The van der Waals surface area contributed by atoms with Gasteiger partial charge in [0, 0.05) is 15.6 Å². The average Bonchev–Trinajstić information content (AvgIpc) is 2.63. The molecule has 6 nitrogen and oxygen atoms in total. The molecule has 1 N–H and O–H groups in total. The van der Waals surface area contributed by atoms with Crippen molar-refractivity contribution in [1.29, 1.82) is 0 Å². The number of carbonyl (C=O) groups excluding carboxylic acids is 2. The zero-order chi connectivity index (χ0) is 19.3. The molecule has 26 heavy (non-hydrogen) atoms. The number of aliphatic carboxylic acids is 1. The second kappa shape index (κ2) is 8.82. The minimum Gasteiger partial charge on any atom is -0.478 e. The van der Waals surface area contributed by atoms with Gasteiger partial charge in [0.1, 0.15) is 5.75 Å². The minimum atomic E-state index is -1.39. The van der Waals surface area contributed by atoms with Gasteiger partial charge in [0.15, 0.2) is 5.78 Å². The molecule has 8 heteroatoms. The summed E-state index contributed by atoms with van der Waals surface area (Å²) in [6, 6.07) is 10.8. The molecule has 1 atom stereocenters. The van der Waals surface area contributed by atoms with Gasteiger partial charge in [0.05, 0.1) is 18.6 Å². The van der Waals surface area contributed by atoms with Gasteiger partial charge in [0.25, 0.3) is 0 Å². The van der Waals surface area contributed by atoms with Crippen molar-refractivity contribution < 1.29 is 29.0 Å². The highest BCUT2D eigenvalue weighted by Gasteiger charge is 2.24. The van der Waals surface area contributed by atoms with Crippen LogP contribution in [0.3, 0.4) is 0 Å². The van der Waals surface area contributed by atoms with Gasteiger partial charge in [-0.25, -0.2) is 4.79 Å². The number of ketones is 1. The molecule has 0 heterocycles. The number of ether oxygens (including phenoxy) is 2. The van der Waals surface area contributed by atoms with Gasteiger partial charge in [-0.1, -0.05) is 27.5 Å². The summed E-state index contributed by atoms with van der Waals surface area (Å²) in [6.45, 7) is 0. The predicted molar refractivity (Wildman–Crippen MR) is 97.7 cm³/mol. The number of methoxy groups -OCH3 is 1. The molecule has 0 fully saturated rings. The smallest absolute Gasteiger partial charge is 0.345 e. The van der Waals surface area contributed by atoms with E-state index in [9.17, 15) is 14.4 Å². The van der Waals surface area contributed by atoms with E-state index < -0.39 is 24.5 Å². The Kier molecular flexibility index (Phi) is 6.76. The van der Waals surface area contributed by atoms with Crippen LogP contribution in [0.15, 0.2) is 46.9 Å². The molecule has 2 aromatic rings. The zero-order valence-corrected chi connectivity index (χ0v) is 15.9. The van der Waals surface area contributed by atoms with Crippen molar-refractivity contribution in [3.8, 4) is 5.75 Å². The molecule has 0 saturated carbocycles. The predicted octanol–water partition coefficient (Wildman–Crippen LogP) is 3.73. The van der Waals surface area contributed by atoms with E-state index in [-0.39, 0.29) is 11.5 Å². The molecule has 0 aliphatic carbocycles. The van der Waals surface area contributed by atoms with Crippen molar-refractivity contribution in [1.82, 2.24) is 0 Å². The number of carboxylic acids is 1. The monoisotopic (exact) mass is 440 g/mol. The Morgan fingerprint density at radius 1 is 1.15 bits per heavy atom. The van der Waals surface area contributed by atoms with Crippen molar-refractivity contribution in [2.24, 2.45) is 0 Å². The first-order valence-corrected chi connectivity index (χ1v) is 8.55. The van der Waals surface area contributed by atoms with E-state index in [0.29, 0.717) is 16.1 Å². The number of carboxylic acid groups (broad SMARTS) is 1. The fourth-order valence-electron chi connectivity index (χ4n) is 2.09. The standard InChI is InChI=1S/C18H14BrClO6/c1-25-16(21)9-15(18(23)24)26-12-5-2-10(3-6-12)17(22)13-8-11(19)4-7-14(13)20/h2-8,15H,9H2,1H3,(H,23,24)/t15-/m0/s1. The van der Waals surface area contributed by atoms with Gasteiger partial charge >= 0.3 is 11.9 Å². The van der Waals surface area contributed by atoms with E-state index in [2.05, 4.69) is 20.7 Å². The number of hydrogen-bond donors (Lipinski definition) is 1. The van der Waals surface area contributed by atoms with Gasteiger partial charge in [-0.05, 0) is 42.5 Å². The highest BCUT2D eigenvalue weighted by molar-refractivity contribution is 9.10. The molecule has 0 aliphatic rings. The summed E-state index contributed by atoms with van der Waals surface area (Å²) in [7, 11) is 1.16. The third kappa shape index (κ3) is 5.06. The van der Waals surface area contributed by atoms with Crippen LogP contribution >= 0.6 is 27.5 Å². The molecule has 2 rings (SSSR count). The summed E-state index contributed by atoms with van der Waals surface area (Å²) in [4.78, 5) is 35.0. The van der Waals surface area contributed by atoms with E-state index in [4.69, 9.17) is 21.4 Å². The molecule has 0 amide bonds. The van der Waals surface area contributed by atoms with Crippen LogP contribution in [0.1, 0.15) is 22.3 Å². The number of rotatable bonds is 7. The maximum atomic E-state index is 12.5. The largest absolute Gasteiger partial charge is 0.478 e. The molecule has 0 bridgehead atoms. The first kappa shape index (κ1) is 19.9. The van der Waals surface area contributed by atoms with Gasteiger partial charge in [0.2, 0.25) is 6.10 Å². The summed E-state index contributed by atoms with van der Waals surface area (Å²) >= 11 is 9.35. The lowest BCUT2D eigenvalue weighted by Crippen LogP contribution is -2.30. The Hall–Kier alpha value is -2.38. The third-order valence-electron chi connectivity index (χ3n) is 3.42. The number of hydrogen-bond acceptors (Lipinski definition) is 5. The average molecular weight is 442 g/mol. The molecule has 0 aliphatic heterocycles. The Bertz CT molecular complexity index is 834. The zero-order valence-electron chi connectivity index (χ0n) is 13.6. The van der Waals surface area contributed by atoms with E-state index in [1.165, 1.54) is 24.3 Å². The Morgan fingerprint density at radius 2 is 1.81 bits per heavy atom. The normalized spacial score (nSPS) is 11.5. The molecule has 0 radical (unpaired) electrons. The van der Waals surface area contributed by atoms with Crippen LogP contribution in [-0.2, 0) is 14.3 Å². The quantitative estimate of drug-likeness (QED) is 0.520. The summed E-state index contributed by atoms with van der Waals surface area (Å²) in [5, 5.41) is 9.44. The highest BCUT2D eigenvalue weighted by Crippen LogP contribution is 2.25. The molecular weight excluding hydrogens is 428 g/mol. The van der Waals surface area contributed by atoms with Crippen molar-refractivity contribution in [3.63, 3.8) is 0 Å². The summed E-state index contributed by atoms with van der Waals surface area (Å²) in [5.74, 6) is -2.07. The Balaban J connectivity index is 2.16. The van der Waals surface area contributed by atoms with E-state index >= 15 is 0 Å². The third-order valence-corrected chi connectivity index (χ3v) is 4.25. The molecule has 0 aromatic heterocycles. The van der Waals surface area contributed by atoms with E-state index in [0.717, 1.165) is 11.6 Å². The minimum absolute atomic E-state index is 0.207. The number of benzene rings is 2. The molecular formula is C18H14BrClO6. The van der Waals surface area contributed by atoms with Gasteiger partial charge in [-0.15, -0.1) is 0 Å². The van der Waals surface area contributed by atoms with Crippen LogP contribution in [0.25, 0.3) is 0 Å². The highest BCUT2D eigenvalue weighted by atomic mass is 79.9. The maximum absolute atomic E-state index is 12.5. The Labute approximate surface area is 162 Å². The Morgan fingerprint density at radius 3 is 2.38 bits per heavy atom. The maximum Gasteiger partial charge on any atom is 0.345 e. The van der Waals surface area contributed by atoms with Crippen LogP contribution in [-0.4, -0.2) is 36.0 Å². The van der Waals surface area contributed by atoms with Crippen molar-refractivity contribution in [3.05, 3.63) is 63.1 Å². The fraction of sp³-hybridized carbons (Fsp3) is 0.167. The first-order chi connectivity index (χ1) is 12.3. The summed E-state index contributed by atoms with van der Waals surface area (Å²) in [6.07, 6.45) is -1.82. The fourth-order valence-corrected chi connectivity index (χ4v) is 2.65. The second-order valence-corrected chi connectivity index (χ2v) is 6.53. The lowest BCUT2D eigenvalue weighted by Gasteiger charge is -2.14. The SMILES string of the molecule is COC(=O)C[C@H](Oc1ccc(C(=O)c2cc(Br)ccc2Cl)cc1)C(=O)O. The van der Waals surface area contributed by atoms with Crippen LogP contribution in [0.5, 0.6) is 5.75 Å². The van der Waals surface area contributed by atoms with Crippen molar-refractivity contribution in [2.45, 2.75) is 12.5 Å². The van der Waals surface area contributed by atoms with Gasteiger partial charge < -0.3 is 14.6 Å². The van der Waals surface area contributed by atoms with Gasteiger partial charge in [-0.3, -0.25) is 9.59 Å². The van der Waals surface area contributed by atoms with Crippen LogP contribution in [0.4, 0.5) is 0 Å². The van der Waals surface area contributed by atoms with Gasteiger partial charge in [-0.2, -0.15) is 0 Å². The second-order valence-electron chi connectivity index (χ2n) is 5.20. The van der Waals surface area contributed by atoms with Crippen molar-refractivity contribution in [2.75, 3.05) is 7.11 Å². The lowest BCUT2D eigenvalue weighted by molar-refractivity contribution is -0.152. The topological polar surface area (TPSA) is 89.9 Å². The van der Waals surface area contributed by atoms with Crippen LogP contribution < -0.4 is 4.74 Å². The molecule has 0 saturated heterocycles. The molecule has 136 valence electrons. The number of halogens is 2. The number of esters is 1. The van der Waals surface area contributed by atoms with Crippen LogP contribution in [0.2, 0.25) is 5.02 Å². The van der Waals surface area contributed by atoms with Crippen LogP contribution in [0, 0.1) is 0 Å². The molecule has 2 aromatic carbocycles. The lowest BCUT2D eigenvalue weighted by atomic mass is 10.0. The summed E-state index contributed by atoms with van der Waals surface area (Å²) in [5.41, 5.74) is 0.695. The van der Waals surface area contributed by atoms with E-state index in [1.807, 2.05) is 0 Å². The van der Waals surface area contributed by atoms with Crippen molar-refractivity contribution >= 4 is 45.3 Å².